The Morgan fingerprint density at radius 2 is 2.00 bits per heavy atom. The monoisotopic (exact) mass is 277 g/mol. The van der Waals surface area contributed by atoms with Crippen molar-refractivity contribution in [2.45, 2.75) is 13.0 Å². The molecule has 0 radical (unpaired) electrons. The standard InChI is InChI=1S/C15H16ClNO2/c1-10-6-7-11(16)8-15(10)19-9-14(18)12-4-2-3-5-13(12)17/h2-8,14,18H,9,17H2,1H3. The molecule has 0 fully saturated rings. The number of rotatable bonds is 4. The number of anilines is 1. The second-order valence-electron chi connectivity index (χ2n) is 4.37. The smallest absolute Gasteiger partial charge is 0.123 e. The van der Waals surface area contributed by atoms with Gasteiger partial charge in [-0.1, -0.05) is 35.9 Å². The number of para-hydroxylation sites is 1. The number of nitrogen functional groups attached to an aromatic ring is 1. The van der Waals surface area contributed by atoms with Crippen LogP contribution in [-0.2, 0) is 0 Å². The summed E-state index contributed by atoms with van der Waals surface area (Å²) < 4.78 is 5.60. The van der Waals surface area contributed by atoms with Crippen LogP contribution < -0.4 is 10.5 Å². The Balaban J connectivity index is 2.06. The number of halogens is 1. The topological polar surface area (TPSA) is 55.5 Å². The van der Waals surface area contributed by atoms with Gasteiger partial charge in [-0.3, -0.25) is 0 Å². The molecule has 2 aromatic rings. The number of hydrogen-bond acceptors (Lipinski definition) is 3. The zero-order chi connectivity index (χ0) is 13.8. The fourth-order valence-corrected chi connectivity index (χ4v) is 1.96. The van der Waals surface area contributed by atoms with Crippen LogP contribution in [0.1, 0.15) is 17.2 Å². The average molecular weight is 278 g/mol. The molecule has 1 unspecified atom stereocenters. The van der Waals surface area contributed by atoms with Gasteiger partial charge >= 0.3 is 0 Å². The summed E-state index contributed by atoms with van der Waals surface area (Å²) in [5.74, 6) is 0.668. The molecule has 0 aliphatic rings. The van der Waals surface area contributed by atoms with Gasteiger partial charge in [-0.2, -0.15) is 0 Å². The van der Waals surface area contributed by atoms with E-state index in [1.807, 2.05) is 25.1 Å². The summed E-state index contributed by atoms with van der Waals surface area (Å²) in [7, 11) is 0. The second-order valence-corrected chi connectivity index (χ2v) is 4.80. The first-order chi connectivity index (χ1) is 9.08. The summed E-state index contributed by atoms with van der Waals surface area (Å²) >= 11 is 5.91. The molecule has 0 saturated carbocycles. The van der Waals surface area contributed by atoms with Crippen LogP contribution in [0.4, 0.5) is 5.69 Å². The van der Waals surface area contributed by atoms with Crippen LogP contribution in [0.5, 0.6) is 5.75 Å². The highest BCUT2D eigenvalue weighted by molar-refractivity contribution is 6.30. The Bertz CT molecular complexity index is 572. The predicted molar refractivity (Wildman–Crippen MR) is 77.5 cm³/mol. The Morgan fingerprint density at radius 3 is 2.74 bits per heavy atom. The minimum atomic E-state index is -0.764. The van der Waals surface area contributed by atoms with Crippen molar-refractivity contribution in [3.63, 3.8) is 0 Å². The van der Waals surface area contributed by atoms with Gasteiger partial charge in [0.15, 0.2) is 0 Å². The van der Waals surface area contributed by atoms with Crippen LogP contribution in [0, 0.1) is 6.92 Å². The van der Waals surface area contributed by atoms with Crippen molar-refractivity contribution in [1.82, 2.24) is 0 Å². The average Bonchev–Trinajstić information content (AvgIpc) is 2.40. The maximum absolute atomic E-state index is 10.1. The SMILES string of the molecule is Cc1ccc(Cl)cc1OCC(O)c1ccccc1N. The highest BCUT2D eigenvalue weighted by Crippen LogP contribution is 2.25. The number of nitrogens with two attached hydrogens (primary N) is 1. The quantitative estimate of drug-likeness (QED) is 0.843. The predicted octanol–water partition coefficient (Wildman–Crippen LogP) is 3.34. The van der Waals surface area contributed by atoms with E-state index in [1.165, 1.54) is 0 Å². The van der Waals surface area contributed by atoms with E-state index in [2.05, 4.69) is 0 Å². The zero-order valence-electron chi connectivity index (χ0n) is 10.6. The molecule has 2 rings (SSSR count). The van der Waals surface area contributed by atoms with Crippen molar-refractivity contribution in [2.24, 2.45) is 0 Å². The summed E-state index contributed by atoms with van der Waals surface area (Å²) in [5.41, 5.74) is 8.00. The molecular weight excluding hydrogens is 262 g/mol. The molecule has 0 spiro atoms. The molecule has 19 heavy (non-hydrogen) atoms. The number of aliphatic hydroxyl groups excluding tert-OH is 1. The van der Waals surface area contributed by atoms with Crippen LogP contribution in [0.25, 0.3) is 0 Å². The molecule has 0 aliphatic heterocycles. The molecule has 3 N–H and O–H groups in total. The van der Waals surface area contributed by atoms with Gasteiger partial charge < -0.3 is 15.6 Å². The lowest BCUT2D eigenvalue weighted by Crippen LogP contribution is -2.12. The first kappa shape index (κ1) is 13.7. The van der Waals surface area contributed by atoms with Crippen molar-refractivity contribution in [1.29, 1.82) is 0 Å². The fourth-order valence-electron chi connectivity index (χ4n) is 1.80. The first-order valence-corrected chi connectivity index (χ1v) is 6.37. The molecule has 3 nitrogen and oxygen atoms in total. The Labute approximate surface area is 117 Å². The molecular formula is C15H16ClNO2. The van der Waals surface area contributed by atoms with Crippen molar-refractivity contribution in [2.75, 3.05) is 12.3 Å². The number of ether oxygens (including phenoxy) is 1. The second kappa shape index (κ2) is 5.95. The number of hydrogen-bond donors (Lipinski definition) is 2. The van der Waals surface area contributed by atoms with Gasteiger partial charge in [-0.15, -0.1) is 0 Å². The van der Waals surface area contributed by atoms with Crippen LogP contribution in [0.3, 0.4) is 0 Å². The van der Waals surface area contributed by atoms with Crippen molar-refractivity contribution in [3.05, 3.63) is 58.6 Å². The summed E-state index contributed by atoms with van der Waals surface area (Å²) in [6.07, 6.45) is -0.764. The Kier molecular flexibility index (Phi) is 4.30. The van der Waals surface area contributed by atoms with Crippen LogP contribution in [-0.4, -0.2) is 11.7 Å². The van der Waals surface area contributed by atoms with E-state index in [1.54, 1.807) is 24.3 Å². The van der Waals surface area contributed by atoms with Gasteiger partial charge in [-0.05, 0) is 30.7 Å². The van der Waals surface area contributed by atoms with E-state index in [0.717, 1.165) is 5.56 Å². The van der Waals surface area contributed by atoms with Crippen molar-refractivity contribution >= 4 is 17.3 Å². The maximum Gasteiger partial charge on any atom is 0.123 e. The first-order valence-electron chi connectivity index (χ1n) is 5.99. The molecule has 0 aliphatic carbocycles. The molecule has 100 valence electrons. The maximum atomic E-state index is 10.1. The normalized spacial score (nSPS) is 12.2. The molecule has 0 bridgehead atoms. The molecule has 0 saturated heterocycles. The number of aliphatic hydroxyl groups is 1. The van der Waals surface area contributed by atoms with Gasteiger partial charge in [0, 0.05) is 16.3 Å². The Morgan fingerprint density at radius 1 is 1.26 bits per heavy atom. The summed E-state index contributed by atoms with van der Waals surface area (Å²) in [5, 5.41) is 10.7. The largest absolute Gasteiger partial charge is 0.490 e. The Hall–Kier alpha value is -1.71. The number of benzene rings is 2. The third kappa shape index (κ3) is 3.40. The van der Waals surface area contributed by atoms with E-state index in [4.69, 9.17) is 22.1 Å². The molecule has 2 aromatic carbocycles. The third-order valence-electron chi connectivity index (χ3n) is 2.90. The van der Waals surface area contributed by atoms with E-state index >= 15 is 0 Å². The minimum absolute atomic E-state index is 0.134. The summed E-state index contributed by atoms with van der Waals surface area (Å²) in [6.45, 7) is 2.06. The third-order valence-corrected chi connectivity index (χ3v) is 3.14. The zero-order valence-corrected chi connectivity index (χ0v) is 11.4. The van der Waals surface area contributed by atoms with Crippen molar-refractivity contribution < 1.29 is 9.84 Å². The van der Waals surface area contributed by atoms with E-state index < -0.39 is 6.10 Å². The van der Waals surface area contributed by atoms with Gasteiger partial charge in [0.05, 0.1) is 0 Å². The highest BCUT2D eigenvalue weighted by atomic mass is 35.5. The summed E-state index contributed by atoms with van der Waals surface area (Å²) in [6, 6.07) is 12.6. The fraction of sp³-hybridized carbons (Fsp3) is 0.200. The lowest BCUT2D eigenvalue weighted by molar-refractivity contribution is 0.108. The number of aryl methyl sites for hydroxylation is 1. The minimum Gasteiger partial charge on any atom is -0.490 e. The van der Waals surface area contributed by atoms with E-state index in [9.17, 15) is 5.11 Å². The van der Waals surface area contributed by atoms with Crippen molar-refractivity contribution in [3.8, 4) is 5.75 Å². The molecule has 0 heterocycles. The van der Waals surface area contributed by atoms with Crippen LogP contribution in [0.2, 0.25) is 5.02 Å². The highest BCUT2D eigenvalue weighted by Gasteiger charge is 2.12. The molecule has 4 heteroatoms. The van der Waals surface area contributed by atoms with E-state index in [0.29, 0.717) is 22.0 Å². The molecule has 0 aromatic heterocycles. The van der Waals surface area contributed by atoms with Crippen LogP contribution in [0.15, 0.2) is 42.5 Å². The lowest BCUT2D eigenvalue weighted by Gasteiger charge is -2.15. The summed E-state index contributed by atoms with van der Waals surface area (Å²) in [4.78, 5) is 0. The van der Waals surface area contributed by atoms with Gasteiger partial charge in [0.1, 0.15) is 18.5 Å². The molecule has 0 amide bonds. The van der Waals surface area contributed by atoms with Gasteiger partial charge in [0.2, 0.25) is 0 Å². The molecule has 1 atom stereocenters. The van der Waals surface area contributed by atoms with Gasteiger partial charge in [0.25, 0.3) is 0 Å². The van der Waals surface area contributed by atoms with Crippen LogP contribution >= 0.6 is 11.6 Å². The van der Waals surface area contributed by atoms with Gasteiger partial charge in [-0.25, -0.2) is 0 Å². The van der Waals surface area contributed by atoms with E-state index in [-0.39, 0.29) is 6.61 Å². The lowest BCUT2D eigenvalue weighted by atomic mass is 10.1.